The summed E-state index contributed by atoms with van der Waals surface area (Å²) in [6, 6.07) is 21.0. The number of hydrogen-bond donors (Lipinski definition) is 1. The van der Waals surface area contributed by atoms with Crippen LogP contribution in [0.1, 0.15) is 46.1 Å². The number of amides is 1. The fourth-order valence-corrected chi connectivity index (χ4v) is 4.46. The molecule has 1 unspecified atom stereocenters. The number of nitrogens with two attached hydrogens (primary N) is 1. The van der Waals surface area contributed by atoms with Gasteiger partial charge in [0.1, 0.15) is 11.5 Å². The Kier molecular flexibility index (Phi) is 7.08. The Hall–Kier alpha value is -4.63. The predicted molar refractivity (Wildman–Crippen MR) is 146 cm³/mol. The number of pyridine rings is 1. The van der Waals surface area contributed by atoms with Crippen LogP contribution in [0.15, 0.2) is 81.8 Å². The third-order valence-electron chi connectivity index (χ3n) is 6.45. The SMILES string of the molecule is Cc1nc(CN(C)C(=O)c2cc(-c3ccccn3)cc(-c3nnc(C(C)(N)Cc4ccccc4)o3)c2)c(C)o1. The van der Waals surface area contributed by atoms with Crippen molar-refractivity contribution in [2.45, 2.75) is 39.3 Å². The van der Waals surface area contributed by atoms with Gasteiger partial charge >= 0.3 is 0 Å². The topological polar surface area (TPSA) is 124 Å². The molecule has 5 rings (SSSR count). The number of aryl methyl sites for hydroxylation is 2. The largest absolute Gasteiger partial charge is 0.446 e. The Morgan fingerprint density at radius 1 is 0.974 bits per heavy atom. The second-order valence-corrected chi connectivity index (χ2v) is 9.90. The van der Waals surface area contributed by atoms with E-state index >= 15 is 0 Å². The van der Waals surface area contributed by atoms with E-state index in [9.17, 15) is 4.79 Å². The van der Waals surface area contributed by atoms with Crippen molar-refractivity contribution in [2.75, 3.05) is 7.05 Å². The van der Waals surface area contributed by atoms with Gasteiger partial charge in [0.05, 0.1) is 17.8 Å². The Morgan fingerprint density at radius 3 is 2.41 bits per heavy atom. The Bertz CT molecular complexity index is 1590. The van der Waals surface area contributed by atoms with E-state index in [4.69, 9.17) is 14.6 Å². The first-order valence-electron chi connectivity index (χ1n) is 12.6. The summed E-state index contributed by atoms with van der Waals surface area (Å²) < 4.78 is 11.6. The minimum absolute atomic E-state index is 0.193. The van der Waals surface area contributed by atoms with Crippen LogP contribution in [0.3, 0.4) is 0 Å². The van der Waals surface area contributed by atoms with Gasteiger partial charge in [0.2, 0.25) is 11.8 Å². The van der Waals surface area contributed by atoms with Gasteiger partial charge in [-0.1, -0.05) is 36.4 Å². The lowest BCUT2D eigenvalue weighted by Crippen LogP contribution is -2.35. The van der Waals surface area contributed by atoms with Gasteiger partial charge < -0.3 is 19.5 Å². The summed E-state index contributed by atoms with van der Waals surface area (Å²) in [4.78, 5) is 24.0. The van der Waals surface area contributed by atoms with Gasteiger partial charge in [-0.3, -0.25) is 9.78 Å². The van der Waals surface area contributed by atoms with E-state index in [1.807, 2.05) is 74.5 Å². The number of hydrogen-bond acceptors (Lipinski definition) is 8. The van der Waals surface area contributed by atoms with Crippen LogP contribution < -0.4 is 5.73 Å². The van der Waals surface area contributed by atoms with Crippen molar-refractivity contribution in [1.82, 2.24) is 25.1 Å². The fraction of sp³-hybridized carbons (Fsp3) is 0.233. The summed E-state index contributed by atoms with van der Waals surface area (Å²) in [7, 11) is 1.73. The number of nitrogens with zero attached hydrogens (tertiary/aromatic N) is 5. The van der Waals surface area contributed by atoms with Crippen LogP contribution in [0.4, 0.5) is 0 Å². The lowest BCUT2D eigenvalue weighted by atomic mass is 9.94. The van der Waals surface area contributed by atoms with E-state index in [2.05, 4.69) is 20.2 Å². The van der Waals surface area contributed by atoms with Gasteiger partial charge in [-0.05, 0) is 56.2 Å². The number of aromatic nitrogens is 4. The first-order valence-corrected chi connectivity index (χ1v) is 12.6. The second-order valence-electron chi connectivity index (χ2n) is 9.90. The summed E-state index contributed by atoms with van der Waals surface area (Å²) in [6.45, 7) is 5.79. The van der Waals surface area contributed by atoms with Crippen LogP contribution in [-0.4, -0.2) is 38.0 Å². The van der Waals surface area contributed by atoms with Crippen molar-refractivity contribution in [1.29, 1.82) is 0 Å². The maximum Gasteiger partial charge on any atom is 0.253 e. The molecular weight excluding hydrogens is 492 g/mol. The smallest absolute Gasteiger partial charge is 0.253 e. The maximum atomic E-state index is 13.6. The molecule has 2 N–H and O–H groups in total. The fourth-order valence-electron chi connectivity index (χ4n) is 4.46. The highest BCUT2D eigenvalue weighted by molar-refractivity contribution is 5.96. The zero-order valence-electron chi connectivity index (χ0n) is 22.4. The number of benzene rings is 2. The molecule has 39 heavy (non-hydrogen) atoms. The zero-order valence-corrected chi connectivity index (χ0v) is 22.4. The Balaban J connectivity index is 1.49. The van der Waals surface area contributed by atoms with Crippen LogP contribution in [0.25, 0.3) is 22.7 Å². The second kappa shape index (κ2) is 10.6. The van der Waals surface area contributed by atoms with E-state index < -0.39 is 5.54 Å². The number of oxazole rings is 1. The molecule has 0 saturated carbocycles. The molecule has 1 amide bonds. The van der Waals surface area contributed by atoms with Crippen molar-refractivity contribution in [3.05, 3.63) is 107 Å². The molecule has 1 atom stereocenters. The van der Waals surface area contributed by atoms with Crippen molar-refractivity contribution in [2.24, 2.45) is 5.73 Å². The molecule has 0 radical (unpaired) electrons. The van der Waals surface area contributed by atoms with Gasteiger partial charge in [-0.2, -0.15) is 0 Å². The molecule has 0 fully saturated rings. The normalized spacial score (nSPS) is 12.7. The minimum atomic E-state index is -0.877. The molecule has 5 aromatic rings. The average Bonchev–Trinajstić information content (AvgIpc) is 3.56. The number of carbonyl (C=O) groups excluding carboxylic acids is 1. The van der Waals surface area contributed by atoms with E-state index in [-0.39, 0.29) is 11.8 Å². The first kappa shape index (κ1) is 26.0. The molecular formula is C30H30N6O3. The van der Waals surface area contributed by atoms with E-state index in [1.165, 1.54) is 0 Å². The molecule has 0 saturated heterocycles. The van der Waals surface area contributed by atoms with Crippen molar-refractivity contribution in [3.8, 4) is 22.7 Å². The highest BCUT2D eigenvalue weighted by Gasteiger charge is 2.29. The highest BCUT2D eigenvalue weighted by atomic mass is 16.4. The molecule has 198 valence electrons. The van der Waals surface area contributed by atoms with Gasteiger partial charge in [0, 0.05) is 36.9 Å². The summed E-state index contributed by atoms with van der Waals surface area (Å²) in [5.41, 5.74) is 10.0. The summed E-state index contributed by atoms with van der Waals surface area (Å²) in [6.07, 6.45) is 2.23. The van der Waals surface area contributed by atoms with Crippen molar-refractivity contribution < 1.29 is 13.6 Å². The molecule has 3 heterocycles. The van der Waals surface area contributed by atoms with Crippen molar-refractivity contribution in [3.63, 3.8) is 0 Å². The third-order valence-corrected chi connectivity index (χ3v) is 6.45. The van der Waals surface area contributed by atoms with Crippen LogP contribution in [0.5, 0.6) is 0 Å². The quantitative estimate of drug-likeness (QED) is 0.299. The maximum absolute atomic E-state index is 13.6. The van der Waals surface area contributed by atoms with Crippen molar-refractivity contribution >= 4 is 5.91 Å². The molecule has 0 spiro atoms. The minimum Gasteiger partial charge on any atom is -0.446 e. The molecule has 9 nitrogen and oxygen atoms in total. The summed E-state index contributed by atoms with van der Waals surface area (Å²) in [5, 5.41) is 8.56. The van der Waals surface area contributed by atoms with E-state index in [0.29, 0.717) is 53.0 Å². The molecule has 9 heteroatoms. The zero-order chi connectivity index (χ0) is 27.6. The van der Waals surface area contributed by atoms with Crippen LogP contribution in [0.2, 0.25) is 0 Å². The summed E-state index contributed by atoms with van der Waals surface area (Å²) in [5.74, 6) is 1.64. The predicted octanol–water partition coefficient (Wildman–Crippen LogP) is 5.09. The lowest BCUT2D eigenvalue weighted by Gasteiger charge is -2.20. The highest BCUT2D eigenvalue weighted by Crippen LogP contribution is 2.30. The Labute approximate surface area is 226 Å². The molecule has 0 aliphatic heterocycles. The van der Waals surface area contributed by atoms with E-state index in [0.717, 1.165) is 11.1 Å². The molecule has 0 aliphatic carbocycles. The van der Waals surface area contributed by atoms with E-state index in [1.54, 1.807) is 31.1 Å². The third kappa shape index (κ3) is 5.78. The number of carbonyl (C=O) groups is 1. The van der Waals surface area contributed by atoms with Crippen LogP contribution >= 0.6 is 0 Å². The first-order chi connectivity index (χ1) is 18.7. The monoisotopic (exact) mass is 522 g/mol. The lowest BCUT2D eigenvalue weighted by molar-refractivity contribution is 0.0783. The molecule has 0 aliphatic rings. The van der Waals surface area contributed by atoms with Gasteiger partial charge in [0.15, 0.2) is 5.89 Å². The summed E-state index contributed by atoms with van der Waals surface area (Å²) >= 11 is 0. The standard InChI is InChI=1S/C30H30N6O3/c1-19-26(33-20(2)38-19)18-36(4)28(37)24-15-22(25-12-8-9-13-32-25)14-23(16-24)27-34-35-29(39-27)30(3,31)17-21-10-6-5-7-11-21/h5-16H,17-18,31H2,1-4H3. The van der Waals surface area contributed by atoms with Gasteiger partial charge in [0.25, 0.3) is 5.91 Å². The van der Waals surface area contributed by atoms with Gasteiger partial charge in [-0.25, -0.2) is 4.98 Å². The molecule has 3 aromatic heterocycles. The van der Waals surface area contributed by atoms with Crippen LogP contribution in [-0.2, 0) is 18.5 Å². The molecule has 2 aromatic carbocycles. The molecule has 0 bridgehead atoms. The van der Waals surface area contributed by atoms with Crippen LogP contribution in [0, 0.1) is 13.8 Å². The Morgan fingerprint density at radius 2 is 1.72 bits per heavy atom. The van der Waals surface area contributed by atoms with Gasteiger partial charge in [-0.15, -0.1) is 10.2 Å². The number of rotatable bonds is 8. The average molecular weight is 523 g/mol.